The van der Waals surface area contributed by atoms with Crippen molar-refractivity contribution in [2.45, 2.75) is 49.7 Å². The SMILES string of the molecule is C=C[C@H]1C[C@]23CC(C(O)c4ccnc5ccccc45)[N+]2(Cc2ccc(C(F)(F)F)cc2)CCC13. The highest BCUT2D eigenvalue weighted by Gasteiger charge is 2.79. The Bertz CT molecular complexity index is 1250. The summed E-state index contributed by atoms with van der Waals surface area (Å²) in [4.78, 5) is 4.45. The molecule has 3 nitrogen and oxygen atoms in total. The van der Waals surface area contributed by atoms with Crippen LogP contribution in [0.5, 0.6) is 0 Å². The van der Waals surface area contributed by atoms with E-state index in [4.69, 9.17) is 0 Å². The van der Waals surface area contributed by atoms with Crippen LogP contribution in [0.1, 0.15) is 42.1 Å². The first-order chi connectivity index (χ1) is 16.3. The summed E-state index contributed by atoms with van der Waals surface area (Å²) < 4.78 is 40.1. The predicted octanol–water partition coefficient (Wildman–Crippen LogP) is 6.04. The molecule has 1 aromatic heterocycles. The van der Waals surface area contributed by atoms with Gasteiger partial charge in [0.05, 0.1) is 24.0 Å². The Hall–Kier alpha value is -2.70. The number of allylic oxidation sites excluding steroid dienone is 1. The highest BCUT2D eigenvalue weighted by molar-refractivity contribution is 5.82. The number of aliphatic hydroxyl groups excluding tert-OH is 1. The smallest absolute Gasteiger partial charge is 0.382 e. The minimum atomic E-state index is -4.34. The Labute approximate surface area is 197 Å². The van der Waals surface area contributed by atoms with E-state index < -0.39 is 17.8 Å². The van der Waals surface area contributed by atoms with Crippen molar-refractivity contribution in [1.29, 1.82) is 0 Å². The number of pyridine rings is 1. The van der Waals surface area contributed by atoms with Gasteiger partial charge in [0.25, 0.3) is 0 Å². The van der Waals surface area contributed by atoms with Gasteiger partial charge in [-0.15, -0.1) is 6.58 Å². The first kappa shape index (κ1) is 21.8. The minimum absolute atomic E-state index is 0.00358. The molecule has 6 heteroatoms. The number of halogens is 3. The van der Waals surface area contributed by atoms with E-state index in [-0.39, 0.29) is 11.6 Å². The molecular weight excluding hydrogens is 437 g/mol. The van der Waals surface area contributed by atoms with Gasteiger partial charge in [0.2, 0.25) is 0 Å². The van der Waals surface area contributed by atoms with E-state index in [2.05, 4.69) is 17.6 Å². The number of para-hydroxylation sites is 1. The molecule has 1 aliphatic carbocycles. The number of hydrogen-bond acceptors (Lipinski definition) is 2. The van der Waals surface area contributed by atoms with Gasteiger partial charge in [-0.3, -0.25) is 4.98 Å². The predicted molar refractivity (Wildman–Crippen MR) is 125 cm³/mol. The topological polar surface area (TPSA) is 33.1 Å². The second-order valence-electron chi connectivity index (χ2n) is 10.3. The van der Waals surface area contributed by atoms with Gasteiger partial charge in [0, 0.05) is 35.9 Å². The van der Waals surface area contributed by atoms with Gasteiger partial charge in [0.1, 0.15) is 24.2 Å². The van der Waals surface area contributed by atoms with Crippen LogP contribution in [0.3, 0.4) is 0 Å². The first-order valence-corrected chi connectivity index (χ1v) is 12.0. The third kappa shape index (κ3) is 2.88. The Morgan fingerprint density at radius 1 is 1.12 bits per heavy atom. The van der Waals surface area contributed by atoms with E-state index in [1.165, 1.54) is 12.1 Å². The second kappa shape index (κ2) is 7.40. The fourth-order valence-corrected chi connectivity index (χ4v) is 7.56. The van der Waals surface area contributed by atoms with Crippen LogP contribution in [-0.2, 0) is 12.7 Å². The molecular formula is C28H28F3N2O+. The fraction of sp³-hybridized carbons (Fsp3) is 0.393. The molecule has 3 fully saturated rings. The Morgan fingerprint density at radius 3 is 2.62 bits per heavy atom. The van der Waals surface area contributed by atoms with Crippen molar-refractivity contribution in [3.63, 3.8) is 0 Å². The lowest BCUT2D eigenvalue weighted by atomic mass is 9.51. The number of quaternary nitrogens is 1. The van der Waals surface area contributed by atoms with Crippen molar-refractivity contribution < 1.29 is 22.8 Å². The highest BCUT2D eigenvalue weighted by atomic mass is 19.4. The molecule has 4 unspecified atom stereocenters. The van der Waals surface area contributed by atoms with Gasteiger partial charge in [-0.25, -0.2) is 0 Å². The molecule has 34 heavy (non-hydrogen) atoms. The quantitative estimate of drug-likeness (QED) is 0.368. The average Bonchev–Trinajstić information content (AvgIpc) is 2.98. The zero-order chi connectivity index (χ0) is 23.7. The maximum Gasteiger partial charge on any atom is 0.416 e. The van der Waals surface area contributed by atoms with E-state index in [1.54, 1.807) is 18.3 Å². The molecule has 1 spiro atoms. The molecule has 3 aliphatic rings. The summed E-state index contributed by atoms with van der Waals surface area (Å²) in [6.45, 7) is 5.60. The molecule has 6 rings (SSSR count). The zero-order valence-electron chi connectivity index (χ0n) is 18.9. The Morgan fingerprint density at radius 2 is 1.88 bits per heavy atom. The summed E-state index contributed by atoms with van der Waals surface area (Å²) in [5, 5.41) is 12.7. The zero-order valence-corrected chi connectivity index (χ0v) is 18.9. The maximum absolute atomic E-state index is 13.1. The van der Waals surface area contributed by atoms with Crippen molar-refractivity contribution >= 4 is 10.9 Å². The molecule has 1 N–H and O–H groups in total. The lowest BCUT2D eigenvalue weighted by Gasteiger charge is -2.70. The lowest BCUT2D eigenvalue weighted by molar-refractivity contribution is -1.05. The minimum Gasteiger partial charge on any atom is -0.382 e. The van der Waals surface area contributed by atoms with Crippen LogP contribution in [0.4, 0.5) is 13.2 Å². The molecule has 0 amide bonds. The van der Waals surface area contributed by atoms with Crippen LogP contribution in [0, 0.1) is 11.8 Å². The molecule has 3 heterocycles. The molecule has 176 valence electrons. The number of aliphatic hydroxyl groups is 1. The van der Waals surface area contributed by atoms with Gasteiger partial charge in [-0.2, -0.15) is 13.2 Å². The third-order valence-corrected chi connectivity index (χ3v) is 9.13. The van der Waals surface area contributed by atoms with Crippen molar-refractivity contribution in [3.8, 4) is 0 Å². The van der Waals surface area contributed by atoms with E-state index >= 15 is 0 Å². The van der Waals surface area contributed by atoms with Crippen molar-refractivity contribution in [2.75, 3.05) is 6.54 Å². The van der Waals surface area contributed by atoms with Crippen LogP contribution < -0.4 is 0 Å². The van der Waals surface area contributed by atoms with E-state index in [0.29, 0.717) is 18.4 Å². The highest BCUT2D eigenvalue weighted by Crippen LogP contribution is 2.69. The summed E-state index contributed by atoms with van der Waals surface area (Å²) in [5.41, 5.74) is 2.11. The summed E-state index contributed by atoms with van der Waals surface area (Å²) in [7, 11) is 0. The van der Waals surface area contributed by atoms with Gasteiger partial charge in [-0.1, -0.05) is 36.4 Å². The number of hydrogen-bond donors (Lipinski definition) is 1. The number of nitrogens with zero attached hydrogens (tertiary/aromatic N) is 2. The normalized spacial score (nSPS) is 32.9. The second-order valence-corrected chi connectivity index (χ2v) is 10.3. The third-order valence-electron chi connectivity index (χ3n) is 9.13. The molecule has 0 radical (unpaired) electrons. The van der Waals surface area contributed by atoms with E-state index in [0.717, 1.165) is 52.3 Å². The van der Waals surface area contributed by atoms with E-state index in [9.17, 15) is 18.3 Å². The standard InChI is InChI=1S/C28H28F3N2O/c1-2-19-15-27-16-25(26(34)22-11-13-32-24-6-4-3-5-21(22)24)33(27,14-12-23(19)27)17-18-7-9-20(10-8-18)28(29,30)31/h2-11,13,19,23,25-26,34H,1,12,14-17H2/q+1/t19-,23?,25?,26?,27+,33?/m0/s1. The van der Waals surface area contributed by atoms with Gasteiger partial charge in [-0.05, 0) is 35.7 Å². The largest absolute Gasteiger partial charge is 0.416 e. The van der Waals surface area contributed by atoms with Crippen molar-refractivity contribution in [1.82, 2.24) is 4.98 Å². The van der Waals surface area contributed by atoms with Gasteiger partial charge in [0.15, 0.2) is 0 Å². The average molecular weight is 466 g/mol. The molecule has 2 aliphatic heterocycles. The van der Waals surface area contributed by atoms with Crippen molar-refractivity contribution in [2.24, 2.45) is 11.8 Å². The Kier molecular flexibility index (Phi) is 4.74. The van der Waals surface area contributed by atoms with Crippen LogP contribution >= 0.6 is 0 Å². The monoisotopic (exact) mass is 465 g/mol. The maximum atomic E-state index is 13.1. The van der Waals surface area contributed by atoms with Crippen LogP contribution in [0.25, 0.3) is 10.9 Å². The summed E-state index contributed by atoms with van der Waals surface area (Å²) in [6.07, 6.45) is 1.86. The van der Waals surface area contributed by atoms with Crippen LogP contribution in [-0.4, -0.2) is 32.7 Å². The molecule has 0 bridgehead atoms. The number of benzene rings is 2. The molecule has 3 aromatic rings. The lowest BCUT2D eigenvalue weighted by Crippen LogP contribution is -2.82. The summed E-state index contributed by atoms with van der Waals surface area (Å²) in [6, 6.07) is 15.4. The van der Waals surface area contributed by atoms with Crippen LogP contribution in [0.2, 0.25) is 0 Å². The number of fused-ring (bicyclic) bond motifs is 1. The van der Waals surface area contributed by atoms with E-state index in [1.807, 2.05) is 30.3 Å². The summed E-state index contributed by atoms with van der Waals surface area (Å²) >= 11 is 0. The van der Waals surface area contributed by atoms with Crippen LogP contribution in [0.15, 0.2) is 73.4 Å². The Balaban J connectivity index is 1.37. The molecule has 6 atom stereocenters. The number of aromatic nitrogens is 1. The fourth-order valence-electron chi connectivity index (χ4n) is 7.56. The molecule has 2 aromatic carbocycles. The number of rotatable bonds is 5. The summed E-state index contributed by atoms with van der Waals surface area (Å²) in [5.74, 6) is 1.03. The molecule has 1 saturated carbocycles. The molecule has 2 saturated heterocycles. The van der Waals surface area contributed by atoms with Gasteiger partial charge >= 0.3 is 6.18 Å². The van der Waals surface area contributed by atoms with Gasteiger partial charge < -0.3 is 9.59 Å². The van der Waals surface area contributed by atoms with Crippen molar-refractivity contribution in [3.05, 3.63) is 90.1 Å². The first-order valence-electron chi connectivity index (χ1n) is 12.0. The number of alkyl halides is 3.